The van der Waals surface area contributed by atoms with Crippen molar-refractivity contribution in [2.45, 2.75) is 13.8 Å². The van der Waals surface area contributed by atoms with Gasteiger partial charge in [-0.1, -0.05) is 35.9 Å². The molecule has 3 aromatic carbocycles. The molecule has 0 aliphatic rings. The van der Waals surface area contributed by atoms with E-state index in [4.69, 9.17) is 0 Å². The van der Waals surface area contributed by atoms with Crippen molar-refractivity contribution >= 4 is 21.5 Å². The highest BCUT2D eigenvalue weighted by molar-refractivity contribution is 6.08. The predicted octanol–water partition coefficient (Wildman–Crippen LogP) is 4.32. The van der Waals surface area contributed by atoms with Gasteiger partial charge in [0, 0.05) is 0 Å². The third kappa shape index (κ3) is 1.55. The molecule has 0 amide bonds. The van der Waals surface area contributed by atoms with E-state index in [0.717, 1.165) is 5.39 Å². The van der Waals surface area contributed by atoms with Crippen LogP contribution in [0.4, 0.5) is 0 Å². The summed E-state index contributed by atoms with van der Waals surface area (Å²) in [5.41, 5.74) is 2.57. The Kier molecular flexibility index (Phi) is 2.08. The molecular formula is C16H14O. The summed E-state index contributed by atoms with van der Waals surface area (Å²) in [6.07, 6.45) is 0. The first-order valence-electron chi connectivity index (χ1n) is 5.78. The maximum Gasteiger partial charge on any atom is 0.116 e. The molecule has 0 saturated carbocycles. The highest BCUT2D eigenvalue weighted by atomic mass is 16.3. The molecule has 0 aromatic heterocycles. The van der Waals surface area contributed by atoms with Crippen LogP contribution in [0.25, 0.3) is 21.5 Å². The Bertz CT molecular complexity index is 726. The topological polar surface area (TPSA) is 20.2 Å². The zero-order valence-corrected chi connectivity index (χ0v) is 9.99. The highest BCUT2D eigenvalue weighted by Gasteiger charge is 2.04. The fourth-order valence-electron chi connectivity index (χ4n) is 2.53. The lowest BCUT2D eigenvalue weighted by molar-refractivity contribution is 0.476. The van der Waals surface area contributed by atoms with Crippen molar-refractivity contribution in [2.24, 2.45) is 0 Å². The van der Waals surface area contributed by atoms with Gasteiger partial charge in [-0.3, -0.25) is 0 Å². The van der Waals surface area contributed by atoms with Crippen LogP contribution in [0.5, 0.6) is 5.75 Å². The molecule has 84 valence electrons. The number of benzene rings is 3. The second kappa shape index (κ2) is 3.49. The van der Waals surface area contributed by atoms with Crippen LogP contribution in [0.3, 0.4) is 0 Å². The minimum atomic E-state index is 0.321. The Morgan fingerprint density at radius 1 is 0.765 bits per heavy atom. The van der Waals surface area contributed by atoms with Crippen LogP contribution in [-0.4, -0.2) is 5.11 Å². The first kappa shape index (κ1) is 10.2. The molecule has 0 saturated heterocycles. The number of aryl methyl sites for hydroxylation is 2. The SMILES string of the molecule is Cc1cc(C)c2ccc3cc(O)ccc3c2c1. The Balaban J connectivity index is 2.55. The van der Waals surface area contributed by atoms with E-state index in [1.54, 1.807) is 6.07 Å². The van der Waals surface area contributed by atoms with Gasteiger partial charge in [0.05, 0.1) is 0 Å². The van der Waals surface area contributed by atoms with E-state index in [1.807, 2.05) is 12.1 Å². The summed E-state index contributed by atoms with van der Waals surface area (Å²) in [7, 11) is 0. The minimum absolute atomic E-state index is 0.321. The van der Waals surface area contributed by atoms with Gasteiger partial charge in [-0.15, -0.1) is 0 Å². The van der Waals surface area contributed by atoms with E-state index in [0.29, 0.717) is 5.75 Å². The van der Waals surface area contributed by atoms with Crippen LogP contribution in [0.2, 0.25) is 0 Å². The smallest absolute Gasteiger partial charge is 0.116 e. The van der Waals surface area contributed by atoms with E-state index >= 15 is 0 Å². The summed E-state index contributed by atoms with van der Waals surface area (Å²) in [5, 5.41) is 14.3. The molecule has 0 atom stereocenters. The molecule has 1 N–H and O–H groups in total. The van der Waals surface area contributed by atoms with Crippen molar-refractivity contribution in [3.63, 3.8) is 0 Å². The third-order valence-electron chi connectivity index (χ3n) is 3.29. The number of rotatable bonds is 0. The van der Waals surface area contributed by atoms with Gasteiger partial charge in [0.1, 0.15) is 5.75 Å². The van der Waals surface area contributed by atoms with Gasteiger partial charge in [0.15, 0.2) is 0 Å². The number of hydrogen-bond donors (Lipinski definition) is 1. The maximum atomic E-state index is 9.51. The first-order chi connectivity index (χ1) is 8.15. The number of phenols is 1. The molecule has 0 aliphatic carbocycles. The highest BCUT2D eigenvalue weighted by Crippen LogP contribution is 2.30. The molecule has 0 bridgehead atoms. The van der Waals surface area contributed by atoms with Crippen molar-refractivity contribution in [3.05, 3.63) is 53.6 Å². The van der Waals surface area contributed by atoms with E-state index in [-0.39, 0.29) is 0 Å². The first-order valence-corrected chi connectivity index (χ1v) is 5.78. The van der Waals surface area contributed by atoms with Crippen LogP contribution >= 0.6 is 0 Å². The minimum Gasteiger partial charge on any atom is -0.508 e. The summed E-state index contributed by atoms with van der Waals surface area (Å²) < 4.78 is 0. The predicted molar refractivity (Wildman–Crippen MR) is 72.6 cm³/mol. The van der Waals surface area contributed by atoms with Crippen molar-refractivity contribution < 1.29 is 5.11 Å². The Morgan fingerprint density at radius 2 is 1.53 bits per heavy atom. The van der Waals surface area contributed by atoms with E-state index < -0.39 is 0 Å². The van der Waals surface area contributed by atoms with Crippen molar-refractivity contribution in [1.82, 2.24) is 0 Å². The summed E-state index contributed by atoms with van der Waals surface area (Å²) in [6, 6.07) is 14.2. The number of hydrogen-bond acceptors (Lipinski definition) is 1. The molecule has 3 aromatic rings. The molecule has 0 radical (unpaired) electrons. The summed E-state index contributed by atoms with van der Waals surface area (Å²) in [5.74, 6) is 0.321. The number of aromatic hydroxyl groups is 1. The van der Waals surface area contributed by atoms with Gasteiger partial charge in [-0.25, -0.2) is 0 Å². The third-order valence-corrected chi connectivity index (χ3v) is 3.29. The van der Waals surface area contributed by atoms with Gasteiger partial charge in [0.2, 0.25) is 0 Å². The van der Waals surface area contributed by atoms with E-state index in [2.05, 4.69) is 38.1 Å². The summed E-state index contributed by atoms with van der Waals surface area (Å²) >= 11 is 0. The largest absolute Gasteiger partial charge is 0.508 e. The Labute approximate surface area is 100 Å². The van der Waals surface area contributed by atoms with Gasteiger partial charge in [-0.05, 0) is 53.1 Å². The molecule has 0 fully saturated rings. The van der Waals surface area contributed by atoms with Crippen LogP contribution in [-0.2, 0) is 0 Å². The zero-order valence-electron chi connectivity index (χ0n) is 9.99. The van der Waals surface area contributed by atoms with Gasteiger partial charge in [-0.2, -0.15) is 0 Å². The summed E-state index contributed by atoms with van der Waals surface area (Å²) in [6.45, 7) is 4.26. The zero-order chi connectivity index (χ0) is 12.0. The van der Waals surface area contributed by atoms with Crippen LogP contribution in [0, 0.1) is 13.8 Å². The second-order valence-electron chi connectivity index (χ2n) is 4.65. The molecule has 17 heavy (non-hydrogen) atoms. The lowest BCUT2D eigenvalue weighted by Crippen LogP contribution is -1.83. The molecular weight excluding hydrogens is 208 g/mol. The molecule has 0 heterocycles. The fourth-order valence-corrected chi connectivity index (χ4v) is 2.53. The number of phenolic OH excluding ortho intramolecular Hbond substituents is 1. The van der Waals surface area contributed by atoms with Crippen LogP contribution in [0.1, 0.15) is 11.1 Å². The quantitative estimate of drug-likeness (QED) is 0.562. The monoisotopic (exact) mass is 222 g/mol. The maximum absolute atomic E-state index is 9.51. The van der Waals surface area contributed by atoms with E-state index in [9.17, 15) is 5.11 Å². The number of fused-ring (bicyclic) bond motifs is 3. The lowest BCUT2D eigenvalue weighted by atomic mass is 9.97. The van der Waals surface area contributed by atoms with Gasteiger partial charge >= 0.3 is 0 Å². The second-order valence-corrected chi connectivity index (χ2v) is 4.65. The van der Waals surface area contributed by atoms with Crippen LogP contribution < -0.4 is 0 Å². The average Bonchev–Trinajstić information content (AvgIpc) is 2.27. The fraction of sp³-hybridized carbons (Fsp3) is 0.125. The molecule has 0 unspecified atom stereocenters. The normalized spacial score (nSPS) is 11.2. The molecule has 1 heteroatoms. The molecule has 1 nitrogen and oxygen atoms in total. The molecule has 0 aliphatic heterocycles. The standard InChI is InChI=1S/C16H14O/c1-10-7-11(2)14-5-3-12-9-13(17)4-6-15(12)16(14)8-10/h3-9,17H,1-2H3. The van der Waals surface area contributed by atoms with E-state index in [1.165, 1.54) is 27.3 Å². The van der Waals surface area contributed by atoms with Crippen molar-refractivity contribution in [1.29, 1.82) is 0 Å². The Morgan fingerprint density at radius 3 is 2.35 bits per heavy atom. The average molecular weight is 222 g/mol. The Hall–Kier alpha value is -2.02. The summed E-state index contributed by atoms with van der Waals surface area (Å²) in [4.78, 5) is 0. The molecule has 0 spiro atoms. The van der Waals surface area contributed by atoms with Crippen molar-refractivity contribution in [3.8, 4) is 5.75 Å². The van der Waals surface area contributed by atoms with Crippen molar-refractivity contribution in [2.75, 3.05) is 0 Å². The van der Waals surface area contributed by atoms with Gasteiger partial charge in [0.25, 0.3) is 0 Å². The molecule has 3 rings (SSSR count). The van der Waals surface area contributed by atoms with Gasteiger partial charge < -0.3 is 5.11 Å². The lowest BCUT2D eigenvalue weighted by Gasteiger charge is -2.08. The van der Waals surface area contributed by atoms with Crippen LogP contribution in [0.15, 0.2) is 42.5 Å².